The zero-order valence-corrected chi connectivity index (χ0v) is 13.2. The number of ether oxygens (including phenoxy) is 1. The van der Waals surface area contributed by atoms with Crippen LogP contribution in [0, 0.1) is 0 Å². The van der Waals surface area contributed by atoms with E-state index in [9.17, 15) is 9.59 Å². The average Bonchev–Trinajstić information content (AvgIpc) is 3.12. The molecule has 0 bridgehead atoms. The summed E-state index contributed by atoms with van der Waals surface area (Å²) in [4.78, 5) is 25.6. The smallest absolute Gasteiger partial charge is 0.319 e. The van der Waals surface area contributed by atoms with E-state index in [2.05, 4.69) is 10.6 Å². The van der Waals surface area contributed by atoms with E-state index in [1.807, 2.05) is 0 Å². The molecule has 3 rings (SSSR count). The predicted molar refractivity (Wildman–Crippen MR) is 87.8 cm³/mol. The standard InChI is InChI=1S/C16H22N4O3/c1-23-13-5-4-11(9-12(13)20-8-2-3-14(20)21)19-15(22)18-10-16(17)6-7-16/h4-5,9H,2-3,6-8,10,17H2,1H3,(H2,18,19,22). The quantitative estimate of drug-likeness (QED) is 0.765. The summed E-state index contributed by atoms with van der Waals surface area (Å²) in [6.45, 7) is 1.13. The lowest BCUT2D eigenvalue weighted by Gasteiger charge is -2.20. The number of benzene rings is 1. The molecule has 2 fully saturated rings. The molecule has 124 valence electrons. The summed E-state index contributed by atoms with van der Waals surface area (Å²) in [5.74, 6) is 0.689. The molecule has 1 aliphatic carbocycles. The Bertz CT molecular complexity index is 628. The zero-order valence-electron chi connectivity index (χ0n) is 13.2. The topological polar surface area (TPSA) is 96.7 Å². The van der Waals surface area contributed by atoms with E-state index >= 15 is 0 Å². The molecule has 0 aromatic heterocycles. The SMILES string of the molecule is COc1ccc(NC(=O)NCC2(N)CC2)cc1N1CCCC1=O. The highest BCUT2D eigenvalue weighted by Gasteiger charge is 2.38. The van der Waals surface area contributed by atoms with Crippen molar-refractivity contribution in [1.82, 2.24) is 5.32 Å². The van der Waals surface area contributed by atoms with Crippen molar-refractivity contribution in [3.8, 4) is 5.75 Å². The van der Waals surface area contributed by atoms with E-state index in [1.54, 1.807) is 30.2 Å². The molecular formula is C16H22N4O3. The Morgan fingerprint density at radius 1 is 1.43 bits per heavy atom. The number of amides is 3. The number of nitrogens with one attached hydrogen (secondary N) is 2. The van der Waals surface area contributed by atoms with Gasteiger partial charge in [0.2, 0.25) is 5.91 Å². The Morgan fingerprint density at radius 2 is 2.22 bits per heavy atom. The lowest BCUT2D eigenvalue weighted by Crippen LogP contribution is -2.40. The second-order valence-corrected chi connectivity index (χ2v) is 6.21. The third kappa shape index (κ3) is 3.56. The molecule has 0 atom stereocenters. The number of urea groups is 1. The number of nitrogens with two attached hydrogens (primary N) is 1. The molecule has 4 N–H and O–H groups in total. The minimum absolute atomic E-state index is 0.0729. The number of nitrogens with zero attached hydrogens (tertiary/aromatic N) is 1. The van der Waals surface area contributed by atoms with E-state index in [0.717, 1.165) is 19.3 Å². The van der Waals surface area contributed by atoms with Gasteiger partial charge in [-0.15, -0.1) is 0 Å². The largest absolute Gasteiger partial charge is 0.495 e. The maximum absolute atomic E-state index is 12.0. The highest BCUT2D eigenvalue weighted by atomic mass is 16.5. The molecule has 1 aromatic carbocycles. The first-order valence-corrected chi connectivity index (χ1v) is 7.83. The number of rotatable bonds is 5. The Balaban J connectivity index is 1.69. The van der Waals surface area contributed by atoms with Crippen molar-refractivity contribution in [3.05, 3.63) is 18.2 Å². The molecule has 1 aromatic rings. The minimum Gasteiger partial charge on any atom is -0.495 e. The monoisotopic (exact) mass is 318 g/mol. The fraction of sp³-hybridized carbons (Fsp3) is 0.500. The van der Waals surface area contributed by atoms with Crippen LogP contribution in [0.3, 0.4) is 0 Å². The number of hydrogen-bond donors (Lipinski definition) is 3. The van der Waals surface area contributed by atoms with Crippen molar-refractivity contribution >= 4 is 23.3 Å². The van der Waals surface area contributed by atoms with E-state index < -0.39 is 0 Å². The van der Waals surface area contributed by atoms with Crippen molar-refractivity contribution in [2.45, 2.75) is 31.2 Å². The second kappa shape index (κ2) is 6.08. The molecule has 1 saturated heterocycles. The molecule has 23 heavy (non-hydrogen) atoms. The molecule has 3 amide bonds. The summed E-state index contributed by atoms with van der Waals surface area (Å²) < 4.78 is 5.33. The van der Waals surface area contributed by atoms with Crippen molar-refractivity contribution in [2.24, 2.45) is 5.73 Å². The van der Waals surface area contributed by atoms with Crippen LogP contribution >= 0.6 is 0 Å². The fourth-order valence-electron chi connectivity index (χ4n) is 2.65. The lowest BCUT2D eigenvalue weighted by molar-refractivity contribution is -0.117. The van der Waals surface area contributed by atoms with Crippen LogP contribution in [0.2, 0.25) is 0 Å². The van der Waals surface area contributed by atoms with Crippen LogP contribution < -0.4 is 26.0 Å². The van der Waals surface area contributed by atoms with E-state index in [-0.39, 0.29) is 17.5 Å². The third-order valence-corrected chi connectivity index (χ3v) is 4.29. The van der Waals surface area contributed by atoms with Gasteiger partial charge in [0.1, 0.15) is 5.75 Å². The van der Waals surface area contributed by atoms with Gasteiger partial charge in [0.25, 0.3) is 0 Å². The molecule has 1 aliphatic heterocycles. The summed E-state index contributed by atoms with van der Waals surface area (Å²) in [6.07, 6.45) is 3.26. The molecule has 0 spiro atoms. The van der Waals surface area contributed by atoms with Crippen LogP contribution in [0.1, 0.15) is 25.7 Å². The van der Waals surface area contributed by atoms with Gasteiger partial charge < -0.3 is 26.0 Å². The Morgan fingerprint density at radius 3 is 2.83 bits per heavy atom. The first-order valence-electron chi connectivity index (χ1n) is 7.83. The maximum Gasteiger partial charge on any atom is 0.319 e. The van der Waals surface area contributed by atoms with E-state index in [4.69, 9.17) is 10.5 Å². The van der Waals surface area contributed by atoms with E-state index in [1.165, 1.54) is 0 Å². The van der Waals surface area contributed by atoms with Crippen LogP contribution in [0.25, 0.3) is 0 Å². The Labute approximate surface area is 135 Å². The number of carbonyl (C=O) groups is 2. The predicted octanol–water partition coefficient (Wildman–Crippen LogP) is 1.43. The summed E-state index contributed by atoms with van der Waals surface area (Å²) in [5.41, 5.74) is 7.01. The molecule has 1 saturated carbocycles. The molecule has 0 radical (unpaired) electrons. The lowest BCUT2D eigenvalue weighted by atomic mass is 10.2. The number of anilines is 2. The molecule has 7 nitrogen and oxygen atoms in total. The van der Waals surface area contributed by atoms with Crippen LogP contribution in [-0.2, 0) is 4.79 Å². The Kier molecular flexibility index (Phi) is 4.12. The van der Waals surface area contributed by atoms with Crippen molar-refractivity contribution in [2.75, 3.05) is 30.4 Å². The van der Waals surface area contributed by atoms with Crippen LogP contribution in [-0.4, -0.2) is 37.7 Å². The Hall–Kier alpha value is -2.28. The van der Waals surface area contributed by atoms with Crippen LogP contribution in [0.15, 0.2) is 18.2 Å². The normalized spacial score (nSPS) is 18.7. The third-order valence-electron chi connectivity index (χ3n) is 4.29. The van der Waals surface area contributed by atoms with Gasteiger partial charge in [0.15, 0.2) is 0 Å². The number of methoxy groups -OCH3 is 1. The molecule has 7 heteroatoms. The van der Waals surface area contributed by atoms with Gasteiger partial charge in [-0.05, 0) is 37.5 Å². The number of carbonyl (C=O) groups excluding carboxylic acids is 2. The van der Waals surface area contributed by atoms with Crippen LogP contribution in [0.4, 0.5) is 16.2 Å². The van der Waals surface area contributed by atoms with E-state index in [0.29, 0.717) is 36.6 Å². The molecular weight excluding hydrogens is 296 g/mol. The van der Waals surface area contributed by atoms with Gasteiger partial charge in [0, 0.05) is 30.7 Å². The van der Waals surface area contributed by atoms with Gasteiger partial charge in [-0.25, -0.2) is 4.79 Å². The maximum atomic E-state index is 12.0. The first kappa shape index (κ1) is 15.6. The van der Waals surface area contributed by atoms with Crippen molar-refractivity contribution in [1.29, 1.82) is 0 Å². The van der Waals surface area contributed by atoms with Crippen LogP contribution in [0.5, 0.6) is 5.75 Å². The minimum atomic E-state index is -0.300. The van der Waals surface area contributed by atoms with Gasteiger partial charge in [0.05, 0.1) is 12.8 Å². The highest BCUT2D eigenvalue weighted by Crippen LogP contribution is 2.34. The fourth-order valence-corrected chi connectivity index (χ4v) is 2.65. The van der Waals surface area contributed by atoms with Crippen molar-refractivity contribution in [3.63, 3.8) is 0 Å². The first-order chi connectivity index (χ1) is 11.0. The van der Waals surface area contributed by atoms with Gasteiger partial charge in [-0.3, -0.25) is 4.79 Å². The molecule has 0 unspecified atom stereocenters. The molecule has 1 heterocycles. The molecule has 2 aliphatic rings. The summed E-state index contributed by atoms with van der Waals surface area (Å²) in [5, 5.41) is 5.55. The average molecular weight is 318 g/mol. The summed E-state index contributed by atoms with van der Waals surface area (Å²) in [6, 6.07) is 4.96. The van der Waals surface area contributed by atoms with Crippen molar-refractivity contribution < 1.29 is 14.3 Å². The number of hydrogen-bond acceptors (Lipinski definition) is 4. The zero-order chi connectivity index (χ0) is 16.4. The van der Waals surface area contributed by atoms with Gasteiger partial charge in [-0.1, -0.05) is 0 Å². The van der Waals surface area contributed by atoms with Gasteiger partial charge >= 0.3 is 6.03 Å². The second-order valence-electron chi connectivity index (χ2n) is 6.21. The van der Waals surface area contributed by atoms with Gasteiger partial charge in [-0.2, -0.15) is 0 Å². The summed E-state index contributed by atoms with van der Waals surface area (Å²) in [7, 11) is 1.57. The summed E-state index contributed by atoms with van der Waals surface area (Å²) >= 11 is 0. The highest BCUT2D eigenvalue weighted by molar-refractivity contribution is 5.98.